The van der Waals surface area contributed by atoms with Crippen molar-refractivity contribution in [3.05, 3.63) is 62.0 Å². The minimum Gasteiger partial charge on any atom is -0.461 e. The topological polar surface area (TPSA) is 98.6 Å². The maximum absolute atomic E-state index is 12.7. The largest absolute Gasteiger partial charge is 0.461 e. The molecule has 158 valence electrons. The molecule has 2 aliphatic heterocycles. The molecule has 0 saturated carbocycles. The summed E-state index contributed by atoms with van der Waals surface area (Å²) in [5, 5.41) is 0.480. The molecule has 9 heteroatoms. The fraction of sp³-hybridized carbons (Fsp3) is 0.318. The van der Waals surface area contributed by atoms with Gasteiger partial charge in [-0.05, 0) is 37.5 Å². The van der Waals surface area contributed by atoms with E-state index in [1.54, 1.807) is 35.8 Å². The number of ether oxygens (including phenoxy) is 1. The molecule has 2 aromatic heterocycles. The Balaban J connectivity index is 1.25. The Labute approximate surface area is 181 Å². The van der Waals surface area contributed by atoms with Crippen LogP contribution in [0.15, 0.2) is 29.1 Å². The number of aromatic nitrogens is 2. The maximum Gasteiger partial charge on any atom is 0.348 e. The lowest BCUT2D eigenvalue weighted by Gasteiger charge is -2.13. The average Bonchev–Trinajstić information content (AvgIpc) is 3.43. The number of carbonyl (C=O) groups is 3. The number of rotatable bonds is 5. The van der Waals surface area contributed by atoms with Gasteiger partial charge in [-0.2, -0.15) is 0 Å². The third kappa shape index (κ3) is 3.07. The summed E-state index contributed by atoms with van der Waals surface area (Å²) < 4.78 is 7.05. The Bertz CT molecular complexity index is 1290. The first-order valence-corrected chi connectivity index (χ1v) is 10.9. The summed E-state index contributed by atoms with van der Waals surface area (Å²) in [6.07, 6.45) is 2.00. The highest BCUT2D eigenvalue weighted by molar-refractivity contribution is 7.20. The third-order valence-electron chi connectivity index (χ3n) is 5.73. The van der Waals surface area contributed by atoms with E-state index < -0.39 is 5.97 Å². The number of carbonyl (C=O) groups excluding carboxylic acids is 3. The van der Waals surface area contributed by atoms with E-state index in [9.17, 15) is 19.2 Å². The lowest BCUT2D eigenvalue weighted by Crippen LogP contribution is -2.31. The van der Waals surface area contributed by atoms with Crippen molar-refractivity contribution in [3.63, 3.8) is 0 Å². The van der Waals surface area contributed by atoms with Crippen LogP contribution in [0.2, 0.25) is 0 Å². The Hall–Kier alpha value is -3.33. The van der Waals surface area contributed by atoms with Crippen LogP contribution in [-0.4, -0.2) is 45.4 Å². The number of esters is 1. The number of nitrogens with zero attached hydrogens (tertiary/aromatic N) is 3. The second-order valence-corrected chi connectivity index (χ2v) is 8.62. The van der Waals surface area contributed by atoms with Crippen LogP contribution in [0.25, 0.3) is 10.2 Å². The summed E-state index contributed by atoms with van der Waals surface area (Å²) >= 11 is 1.17. The number of aryl methyl sites for hydroxylation is 2. The lowest BCUT2D eigenvalue weighted by molar-refractivity contribution is 0.0487. The first-order chi connectivity index (χ1) is 15.0. The first kappa shape index (κ1) is 19.6. The van der Waals surface area contributed by atoms with E-state index in [2.05, 4.69) is 4.98 Å². The van der Waals surface area contributed by atoms with Crippen LogP contribution in [-0.2, 0) is 17.7 Å². The van der Waals surface area contributed by atoms with Gasteiger partial charge < -0.3 is 4.74 Å². The van der Waals surface area contributed by atoms with E-state index in [0.717, 1.165) is 18.7 Å². The molecule has 1 aromatic carbocycles. The van der Waals surface area contributed by atoms with E-state index in [-0.39, 0.29) is 30.5 Å². The molecule has 2 aliphatic rings. The van der Waals surface area contributed by atoms with E-state index in [1.165, 1.54) is 16.2 Å². The van der Waals surface area contributed by atoms with Gasteiger partial charge in [0, 0.05) is 19.5 Å². The Morgan fingerprint density at radius 2 is 1.87 bits per heavy atom. The van der Waals surface area contributed by atoms with Crippen molar-refractivity contribution >= 4 is 39.3 Å². The third-order valence-corrected chi connectivity index (χ3v) is 6.90. The number of thiophene rings is 1. The predicted molar refractivity (Wildman–Crippen MR) is 114 cm³/mol. The molecule has 3 aromatic rings. The predicted octanol–water partition coefficient (Wildman–Crippen LogP) is 2.56. The number of benzene rings is 1. The smallest absolute Gasteiger partial charge is 0.348 e. The Morgan fingerprint density at radius 1 is 1.16 bits per heavy atom. The Morgan fingerprint density at radius 3 is 2.58 bits per heavy atom. The van der Waals surface area contributed by atoms with E-state index in [4.69, 9.17) is 4.74 Å². The molecule has 4 heterocycles. The fourth-order valence-electron chi connectivity index (χ4n) is 4.17. The highest BCUT2D eigenvalue weighted by Crippen LogP contribution is 2.29. The summed E-state index contributed by atoms with van der Waals surface area (Å²) in [7, 11) is 0. The van der Waals surface area contributed by atoms with Gasteiger partial charge in [0.15, 0.2) is 0 Å². The molecule has 0 atom stereocenters. The second-order valence-electron chi connectivity index (χ2n) is 7.62. The summed E-state index contributed by atoms with van der Waals surface area (Å²) in [4.78, 5) is 56.8. The zero-order chi connectivity index (χ0) is 21.7. The van der Waals surface area contributed by atoms with Crippen LogP contribution < -0.4 is 5.56 Å². The van der Waals surface area contributed by atoms with Crippen molar-refractivity contribution in [1.29, 1.82) is 0 Å². The average molecular weight is 437 g/mol. The standard InChI is InChI=1S/C22H19N3O5S/c1-12-16-18(23-15-8-4-9-24(15)21(16)28)31-17(12)22(29)30-11-5-10-25-19(26)13-6-2-3-7-14(13)20(25)27/h2-3,6-7H,4-5,8-11H2,1H3. The van der Waals surface area contributed by atoms with Crippen LogP contribution in [0.1, 0.15) is 54.6 Å². The van der Waals surface area contributed by atoms with Crippen molar-refractivity contribution < 1.29 is 19.1 Å². The van der Waals surface area contributed by atoms with Gasteiger partial charge in [0.2, 0.25) is 0 Å². The van der Waals surface area contributed by atoms with Crippen molar-refractivity contribution in [3.8, 4) is 0 Å². The molecule has 8 nitrogen and oxygen atoms in total. The molecular weight excluding hydrogens is 418 g/mol. The van der Waals surface area contributed by atoms with Gasteiger partial charge in [0.05, 0.1) is 23.1 Å². The van der Waals surface area contributed by atoms with Gasteiger partial charge in [-0.25, -0.2) is 9.78 Å². The molecule has 0 spiro atoms. The number of hydrogen-bond acceptors (Lipinski definition) is 7. The molecular formula is C22H19N3O5S. The zero-order valence-corrected chi connectivity index (χ0v) is 17.7. The van der Waals surface area contributed by atoms with Gasteiger partial charge in [0.1, 0.15) is 15.5 Å². The molecule has 31 heavy (non-hydrogen) atoms. The fourth-order valence-corrected chi connectivity index (χ4v) is 5.25. The molecule has 2 amide bonds. The number of hydrogen-bond donors (Lipinski definition) is 0. The lowest BCUT2D eigenvalue weighted by atomic mass is 10.1. The number of imide groups is 1. The first-order valence-electron chi connectivity index (χ1n) is 10.1. The van der Waals surface area contributed by atoms with Gasteiger partial charge in [-0.15, -0.1) is 11.3 Å². The molecule has 0 unspecified atom stereocenters. The van der Waals surface area contributed by atoms with E-state index in [1.807, 2.05) is 0 Å². The molecule has 0 aliphatic carbocycles. The normalized spacial score (nSPS) is 14.9. The molecule has 0 saturated heterocycles. The molecule has 0 radical (unpaired) electrons. The van der Waals surface area contributed by atoms with Crippen LogP contribution in [0.3, 0.4) is 0 Å². The molecule has 5 rings (SSSR count). The molecule has 0 N–H and O–H groups in total. The van der Waals surface area contributed by atoms with Gasteiger partial charge >= 0.3 is 5.97 Å². The second kappa shape index (κ2) is 7.42. The van der Waals surface area contributed by atoms with Crippen molar-refractivity contribution in [1.82, 2.24) is 14.5 Å². The van der Waals surface area contributed by atoms with Crippen LogP contribution >= 0.6 is 11.3 Å². The number of amides is 2. The minimum atomic E-state index is -0.521. The van der Waals surface area contributed by atoms with Crippen LogP contribution in [0.5, 0.6) is 0 Å². The highest BCUT2D eigenvalue weighted by Gasteiger charge is 2.34. The van der Waals surface area contributed by atoms with Crippen molar-refractivity contribution in [2.24, 2.45) is 0 Å². The summed E-state index contributed by atoms with van der Waals surface area (Å²) in [5.41, 5.74) is 1.29. The highest BCUT2D eigenvalue weighted by atomic mass is 32.1. The minimum absolute atomic E-state index is 0.0584. The van der Waals surface area contributed by atoms with Gasteiger partial charge in [-0.3, -0.25) is 23.9 Å². The van der Waals surface area contributed by atoms with Gasteiger partial charge in [0.25, 0.3) is 17.4 Å². The summed E-state index contributed by atoms with van der Waals surface area (Å²) in [6.45, 7) is 2.62. The van der Waals surface area contributed by atoms with Crippen molar-refractivity contribution in [2.45, 2.75) is 32.7 Å². The summed E-state index contributed by atoms with van der Waals surface area (Å²) in [5.74, 6) is -0.411. The van der Waals surface area contributed by atoms with Crippen LogP contribution in [0, 0.1) is 6.92 Å². The molecule has 0 bridgehead atoms. The van der Waals surface area contributed by atoms with Crippen LogP contribution in [0.4, 0.5) is 0 Å². The summed E-state index contributed by atoms with van der Waals surface area (Å²) in [6, 6.07) is 6.70. The SMILES string of the molecule is Cc1c(C(=O)OCCCN2C(=O)c3ccccc3C2=O)sc2nc3n(c(=O)c12)CCC3. The maximum atomic E-state index is 12.7. The zero-order valence-electron chi connectivity index (χ0n) is 16.8. The monoisotopic (exact) mass is 437 g/mol. The van der Waals surface area contributed by atoms with Crippen molar-refractivity contribution in [2.75, 3.05) is 13.2 Å². The quantitative estimate of drug-likeness (QED) is 0.346. The van der Waals surface area contributed by atoms with Gasteiger partial charge in [-0.1, -0.05) is 12.1 Å². The van der Waals surface area contributed by atoms with E-state index in [0.29, 0.717) is 44.7 Å². The number of fused-ring (bicyclic) bond motifs is 3. The molecule has 0 fully saturated rings. The Kier molecular flexibility index (Phi) is 4.70. The van der Waals surface area contributed by atoms with E-state index >= 15 is 0 Å².